The van der Waals surface area contributed by atoms with Gasteiger partial charge in [0.25, 0.3) is 5.91 Å². The third-order valence-corrected chi connectivity index (χ3v) is 4.23. The van der Waals surface area contributed by atoms with Crippen LogP contribution in [0.1, 0.15) is 33.0 Å². The van der Waals surface area contributed by atoms with Crippen molar-refractivity contribution in [2.75, 3.05) is 14.1 Å². The predicted octanol–water partition coefficient (Wildman–Crippen LogP) is 4.16. The van der Waals surface area contributed by atoms with Gasteiger partial charge in [-0.2, -0.15) is 0 Å². The van der Waals surface area contributed by atoms with E-state index >= 15 is 0 Å². The van der Waals surface area contributed by atoms with Crippen LogP contribution in [0.5, 0.6) is 5.75 Å². The van der Waals surface area contributed by atoms with Gasteiger partial charge in [0.1, 0.15) is 18.1 Å². The molecular formula is C23H26N2O3. The highest BCUT2D eigenvalue weighted by atomic mass is 16.5. The molecule has 0 saturated carbocycles. The number of ether oxygens (including phenoxy) is 1. The summed E-state index contributed by atoms with van der Waals surface area (Å²) in [7, 11) is 4.07. The summed E-state index contributed by atoms with van der Waals surface area (Å²) in [6, 6.07) is 19.4. The summed E-state index contributed by atoms with van der Waals surface area (Å²) < 4.78 is 11.3. The minimum atomic E-state index is -0.236. The molecule has 2 aromatic carbocycles. The molecule has 0 bridgehead atoms. The zero-order valence-corrected chi connectivity index (χ0v) is 16.6. The van der Waals surface area contributed by atoms with Crippen LogP contribution < -0.4 is 10.1 Å². The van der Waals surface area contributed by atoms with E-state index in [1.54, 1.807) is 12.1 Å². The van der Waals surface area contributed by atoms with Crippen molar-refractivity contribution in [3.63, 3.8) is 0 Å². The van der Waals surface area contributed by atoms with E-state index in [1.807, 2.05) is 57.4 Å². The molecule has 0 aliphatic rings. The number of carbonyl (C=O) groups is 1. The highest BCUT2D eigenvalue weighted by Gasteiger charge is 2.11. The summed E-state index contributed by atoms with van der Waals surface area (Å²) in [5.74, 6) is 1.43. The highest BCUT2D eigenvalue weighted by Crippen LogP contribution is 2.15. The first-order chi connectivity index (χ1) is 13.5. The Labute approximate surface area is 165 Å². The molecule has 0 atom stereocenters. The van der Waals surface area contributed by atoms with Crippen LogP contribution in [0.25, 0.3) is 0 Å². The van der Waals surface area contributed by atoms with Gasteiger partial charge in [0, 0.05) is 13.1 Å². The van der Waals surface area contributed by atoms with Gasteiger partial charge in [-0.3, -0.25) is 4.79 Å². The topological polar surface area (TPSA) is 54.7 Å². The van der Waals surface area contributed by atoms with E-state index in [0.717, 1.165) is 17.9 Å². The molecule has 3 rings (SSSR count). The van der Waals surface area contributed by atoms with Gasteiger partial charge in [-0.05, 0) is 56.4 Å². The van der Waals surface area contributed by atoms with E-state index in [1.165, 1.54) is 11.1 Å². The van der Waals surface area contributed by atoms with Crippen molar-refractivity contribution in [1.82, 2.24) is 10.2 Å². The second kappa shape index (κ2) is 9.24. The molecule has 0 fully saturated rings. The lowest BCUT2D eigenvalue weighted by molar-refractivity contribution is 0.0919. The standard InChI is InChI=1S/C23H26N2O3/c1-17-7-9-20(10-8-17)27-16-21-11-12-22(28-21)23(26)24-14-18-5-4-6-19(13-18)15-25(2)3/h4-13H,14-16H2,1-3H3,(H,24,26). The fourth-order valence-electron chi connectivity index (χ4n) is 2.84. The number of benzene rings is 2. The lowest BCUT2D eigenvalue weighted by atomic mass is 10.1. The van der Waals surface area contributed by atoms with Crippen molar-refractivity contribution < 1.29 is 13.9 Å². The zero-order valence-electron chi connectivity index (χ0n) is 16.6. The third-order valence-electron chi connectivity index (χ3n) is 4.23. The summed E-state index contributed by atoms with van der Waals surface area (Å²) in [6.07, 6.45) is 0. The molecule has 0 saturated heterocycles. The molecule has 0 aliphatic carbocycles. The second-order valence-electron chi connectivity index (χ2n) is 7.11. The molecule has 0 spiro atoms. The SMILES string of the molecule is Cc1ccc(OCc2ccc(C(=O)NCc3cccc(CN(C)C)c3)o2)cc1. The van der Waals surface area contributed by atoms with E-state index in [9.17, 15) is 4.79 Å². The lowest BCUT2D eigenvalue weighted by Gasteiger charge is -2.11. The first-order valence-corrected chi connectivity index (χ1v) is 9.28. The van der Waals surface area contributed by atoms with Crippen molar-refractivity contribution in [1.29, 1.82) is 0 Å². The number of furan rings is 1. The Morgan fingerprint density at radius 1 is 1.04 bits per heavy atom. The molecule has 28 heavy (non-hydrogen) atoms. The second-order valence-corrected chi connectivity index (χ2v) is 7.11. The molecule has 1 aromatic heterocycles. The van der Waals surface area contributed by atoms with Gasteiger partial charge in [-0.15, -0.1) is 0 Å². The maximum absolute atomic E-state index is 12.4. The normalized spacial score (nSPS) is 10.9. The third kappa shape index (κ3) is 5.72. The highest BCUT2D eigenvalue weighted by molar-refractivity contribution is 5.91. The molecule has 1 N–H and O–H groups in total. The predicted molar refractivity (Wildman–Crippen MR) is 109 cm³/mol. The Morgan fingerprint density at radius 2 is 1.79 bits per heavy atom. The van der Waals surface area contributed by atoms with Crippen LogP contribution in [0.4, 0.5) is 0 Å². The van der Waals surface area contributed by atoms with Gasteiger partial charge < -0.3 is 19.4 Å². The van der Waals surface area contributed by atoms with Crippen molar-refractivity contribution in [3.8, 4) is 5.75 Å². The Morgan fingerprint density at radius 3 is 2.54 bits per heavy atom. The molecule has 3 aromatic rings. The molecule has 5 heteroatoms. The van der Waals surface area contributed by atoms with Crippen molar-refractivity contribution in [3.05, 3.63) is 88.9 Å². The van der Waals surface area contributed by atoms with Crippen LogP contribution in [0.15, 0.2) is 65.1 Å². The van der Waals surface area contributed by atoms with Gasteiger partial charge in [0.15, 0.2) is 5.76 Å². The Kier molecular flexibility index (Phi) is 6.50. The largest absolute Gasteiger partial charge is 0.486 e. The zero-order chi connectivity index (χ0) is 19.9. The first kappa shape index (κ1) is 19.7. The number of hydrogen-bond donors (Lipinski definition) is 1. The van der Waals surface area contributed by atoms with Crippen LogP contribution in [0, 0.1) is 6.92 Å². The van der Waals surface area contributed by atoms with E-state index in [-0.39, 0.29) is 18.3 Å². The summed E-state index contributed by atoms with van der Waals surface area (Å²) in [6.45, 7) is 3.63. The van der Waals surface area contributed by atoms with Crippen LogP contribution in [-0.4, -0.2) is 24.9 Å². The molecule has 0 aliphatic heterocycles. The summed E-state index contributed by atoms with van der Waals surface area (Å²) >= 11 is 0. The number of rotatable bonds is 8. The van der Waals surface area contributed by atoms with Crippen molar-refractivity contribution in [2.24, 2.45) is 0 Å². The van der Waals surface area contributed by atoms with E-state index < -0.39 is 0 Å². The quantitative estimate of drug-likeness (QED) is 0.640. The lowest BCUT2D eigenvalue weighted by Crippen LogP contribution is -2.22. The number of nitrogens with zero attached hydrogens (tertiary/aromatic N) is 1. The number of nitrogens with one attached hydrogen (secondary N) is 1. The Hall–Kier alpha value is -3.05. The van der Waals surface area contributed by atoms with Crippen LogP contribution in [-0.2, 0) is 19.7 Å². The van der Waals surface area contributed by atoms with E-state index in [0.29, 0.717) is 12.3 Å². The molecular weight excluding hydrogens is 352 g/mol. The number of hydrogen-bond acceptors (Lipinski definition) is 4. The average molecular weight is 378 g/mol. The summed E-state index contributed by atoms with van der Waals surface area (Å²) in [4.78, 5) is 14.5. The van der Waals surface area contributed by atoms with Gasteiger partial charge in [0.05, 0.1) is 0 Å². The molecule has 1 amide bonds. The number of amides is 1. The van der Waals surface area contributed by atoms with Crippen molar-refractivity contribution in [2.45, 2.75) is 26.6 Å². The average Bonchev–Trinajstić information content (AvgIpc) is 3.15. The monoisotopic (exact) mass is 378 g/mol. The Balaban J connectivity index is 1.52. The number of carbonyl (C=O) groups excluding carboxylic acids is 1. The molecule has 146 valence electrons. The van der Waals surface area contributed by atoms with Crippen LogP contribution >= 0.6 is 0 Å². The molecule has 0 radical (unpaired) electrons. The molecule has 1 heterocycles. The number of aryl methyl sites for hydroxylation is 1. The van der Waals surface area contributed by atoms with Crippen LogP contribution in [0.3, 0.4) is 0 Å². The van der Waals surface area contributed by atoms with E-state index in [4.69, 9.17) is 9.15 Å². The minimum Gasteiger partial charge on any atom is -0.486 e. The fourth-order valence-corrected chi connectivity index (χ4v) is 2.84. The van der Waals surface area contributed by atoms with Crippen LogP contribution in [0.2, 0.25) is 0 Å². The Bertz CT molecular complexity index is 914. The first-order valence-electron chi connectivity index (χ1n) is 9.28. The molecule has 5 nitrogen and oxygen atoms in total. The maximum atomic E-state index is 12.4. The minimum absolute atomic E-state index is 0.236. The summed E-state index contributed by atoms with van der Waals surface area (Å²) in [5.41, 5.74) is 3.45. The molecule has 0 unspecified atom stereocenters. The smallest absolute Gasteiger partial charge is 0.287 e. The van der Waals surface area contributed by atoms with Gasteiger partial charge in [-0.25, -0.2) is 0 Å². The van der Waals surface area contributed by atoms with Gasteiger partial charge >= 0.3 is 0 Å². The van der Waals surface area contributed by atoms with Gasteiger partial charge in [0.2, 0.25) is 0 Å². The van der Waals surface area contributed by atoms with Crippen molar-refractivity contribution >= 4 is 5.91 Å². The van der Waals surface area contributed by atoms with E-state index in [2.05, 4.69) is 22.3 Å². The fraction of sp³-hybridized carbons (Fsp3) is 0.261. The summed E-state index contributed by atoms with van der Waals surface area (Å²) in [5, 5.41) is 2.90. The van der Waals surface area contributed by atoms with Gasteiger partial charge in [-0.1, -0.05) is 42.0 Å². The maximum Gasteiger partial charge on any atom is 0.287 e.